The lowest BCUT2D eigenvalue weighted by atomic mass is 9.47. The number of Topliss-reactive ketones (excluding diaryl/α,β-unsaturated/α-hetero) is 1. The van der Waals surface area contributed by atoms with Crippen LogP contribution in [-0.2, 0) is 4.79 Å². The molecule has 4 aliphatic carbocycles. The van der Waals surface area contributed by atoms with Crippen molar-refractivity contribution in [1.29, 1.82) is 0 Å². The van der Waals surface area contributed by atoms with Crippen molar-refractivity contribution >= 4 is 23.4 Å². The molecule has 0 aromatic heterocycles. The molecule has 0 saturated heterocycles. The van der Waals surface area contributed by atoms with Crippen molar-refractivity contribution in [3.63, 3.8) is 0 Å². The van der Waals surface area contributed by atoms with Crippen LogP contribution in [0.4, 0.5) is 0 Å². The van der Waals surface area contributed by atoms with Crippen molar-refractivity contribution in [3.8, 4) is 0 Å². The summed E-state index contributed by atoms with van der Waals surface area (Å²) < 4.78 is 0. The first kappa shape index (κ1) is 22.1. The molecule has 3 saturated carbocycles. The standard InChI is InChI=1S/C27H32N2O4/c1-26-13-11-19(28-29-24(31)16-3-5-17(6-4-16)25(32)33)15-18(26)7-8-20-21-9-10-23(30)27(21,2)14-12-22(20)26/h3-6,15,20-22H,7-14H2,1-2H3,(H,29,31)(H,32,33)/b28-19+/t20-,21-,22+,26+,27+/m0/s1. The van der Waals surface area contributed by atoms with Gasteiger partial charge in [0.2, 0.25) is 0 Å². The monoisotopic (exact) mass is 448 g/mol. The van der Waals surface area contributed by atoms with Crippen LogP contribution in [0.15, 0.2) is 41.0 Å². The number of allylic oxidation sites excluding steroid dienone is 2. The predicted molar refractivity (Wildman–Crippen MR) is 125 cm³/mol. The van der Waals surface area contributed by atoms with Crippen LogP contribution in [0.25, 0.3) is 0 Å². The number of ketones is 1. The number of aromatic carboxylic acids is 1. The third kappa shape index (κ3) is 3.54. The van der Waals surface area contributed by atoms with E-state index in [4.69, 9.17) is 5.11 Å². The Bertz CT molecular complexity index is 1070. The molecule has 3 fully saturated rings. The number of hydrazone groups is 1. The van der Waals surface area contributed by atoms with Gasteiger partial charge in [-0.15, -0.1) is 0 Å². The lowest BCUT2D eigenvalue weighted by molar-refractivity contribution is -0.132. The second-order valence-electron chi connectivity index (χ2n) is 10.8. The van der Waals surface area contributed by atoms with E-state index in [0.29, 0.717) is 29.1 Å². The fraction of sp³-hybridized carbons (Fsp3) is 0.556. The quantitative estimate of drug-likeness (QED) is 0.636. The van der Waals surface area contributed by atoms with Gasteiger partial charge in [0.05, 0.1) is 11.3 Å². The summed E-state index contributed by atoms with van der Waals surface area (Å²) in [4.78, 5) is 36.0. The molecule has 1 amide bonds. The van der Waals surface area contributed by atoms with Gasteiger partial charge in [-0.2, -0.15) is 5.10 Å². The molecule has 0 heterocycles. The average Bonchev–Trinajstić information content (AvgIpc) is 3.12. The molecule has 0 bridgehead atoms. The van der Waals surface area contributed by atoms with Gasteiger partial charge in [0.15, 0.2) is 0 Å². The van der Waals surface area contributed by atoms with Gasteiger partial charge < -0.3 is 5.11 Å². The Hall–Kier alpha value is -2.76. The van der Waals surface area contributed by atoms with Crippen LogP contribution in [0.5, 0.6) is 0 Å². The Balaban J connectivity index is 1.30. The lowest BCUT2D eigenvalue weighted by Gasteiger charge is -2.57. The maximum atomic E-state index is 12.6. The maximum absolute atomic E-state index is 12.6. The first-order chi connectivity index (χ1) is 15.7. The van der Waals surface area contributed by atoms with Crippen LogP contribution < -0.4 is 5.43 Å². The van der Waals surface area contributed by atoms with E-state index in [9.17, 15) is 14.4 Å². The molecule has 5 rings (SSSR count). The van der Waals surface area contributed by atoms with Crippen LogP contribution in [0, 0.1) is 28.6 Å². The molecular weight excluding hydrogens is 416 g/mol. The van der Waals surface area contributed by atoms with E-state index in [1.807, 2.05) is 0 Å². The van der Waals surface area contributed by atoms with Crippen molar-refractivity contribution in [1.82, 2.24) is 5.43 Å². The summed E-state index contributed by atoms with van der Waals surface area (Å²) in [7, 11) is 0. The number of nitrogens with one attached hydrogen (secondary N) is 1. The molecule has 0 spiro atoms. The molecule has 2 N–H and O–H groups in total. The number of carbonyl (C=O) groups is 3. The maximum Gasteiger partial charge on any atom is 0.335 e. The van der Waals surface area contributed by atoms with Crippen LogP contribution >= 0.6 is 0 Å². The van der Waals surface area contributed by atoms with Crippen molar-refractivity contribution in [2.45, 2.75) is 65.2 Å². The zero-order chi connectivity index (χ0) is 23.4. The van der Waals surface area contributed by atoms with E-state index in [-0.39, 0.29) is 22.3 Å². The summed E-state index contributed by atoms with van der Waals surface area (Å²) in [5.74, 6) is 0.950. The second-order valence-corrected chi connectivity index (χ2v) is 10.8. The minimum absolute atomic E-state index is 0.0903. The number of rotatable bonds is 3. The minimum Gasteiger partial charge on any atom is -0.478 e. The SMILES string of the molecule is C[C@@]12CC[C@@H]3[C@@H](CCC4=C/C(=N/NC(=O)c5ccc(C(=O)O)cc5)CC[C@]43C)[C@@H]1CCC2=O. The number of amides is 1. The van der Waals surface area contributed by atoms with E-state index in [1.165, 1.54) is 29.8 Å². The fourth-order valence-electron chi connectivity index (χ4n) is 7.38. The average molecular weight is 449 g/mol. The number of benzene rings is 1. The smallest absolute Gasteiger partial charge is 0.335 e. The largest absolute Gasteiger partial charge is 0.478 e. The van der Waals surface area contributed by atoms with Gasteiger partial charge in [-0.1, -0.05) is 19.4 Å². The summed E-state index contributed by atoms with van der Waals surface area (Å²) in [6, 6.07) is 5.84. The number of carboxylic acids is 1. The topological polar surface area (TPSA) is 95.8 Å². The Morgan fingerprint density at radius 1 is 0.939 bits per heavy atom. The molecule has 0 radical (unpaired) electrons. The van der Waals surface area contributed by atoms with Gasteiger partial charge in [0.25, 0.3) is 5.91 Å². The molecule has 174 valence electrons. The highest BCUT2D eigenvalue weighted by atomic mass is 16.4. The first-order valence-corrected chi connectivity index (χ1v) is 12.2. The number of fused-ring (bicyclic) bond motifs is 5. The van der Waals surface area contributed by atoms with E-state index in [2.05, 4.69) is 30.5 Å². The van der Waals surface area contributed by atoms with Gasteiger partial charge in [-0.3, -0.25) is 9.59 Å². The lowest BCUT2D eigenvalue weighted by Crippen LogP contribution is -2.50. The molecule has 4 aliphatic rings. The highest BCUT2D eigenvalue weighted by Gasteiger charge is 2.58. The van der Waals surface area contributed by atoms with Gasteiger partial charge in [0.1, 0.15) is 5.78 Å². The van der Waals surface area contributed by atoms with Crippen molar-refractivity contribution in [2.24, 2.45) is 33.7 Å². The Morgan fingerprint density at radius 2 is 1.64 bits per heavy atom. The van der Waals surface area contributed by atoms with Crippen LogP contribution in [0.2, 0.25) is 0 Å². The zero-order valence-electron chi connectivity index (χ0n) is 19.4. The normalized spacial score (nSPS) is 36.4. The second kappa shape index (κ2) is 7.93. The van der Waals surface area contributed by atoms with E-state index >= 15 is 0 Å². The van der Waals surface area contributed by atoms with Gasteiger partial charge in [-0.25, -0.2) is 10.2 Å². The molecule has 6 nitrogen and oxygen atoms in total. The van der Waals surface area contributed by atoms with E-state index in [1.54, 1.807) is 0 Å². The molecule has 0 unspecified atom stereocenters. The van der Waals surface area contributed by atoms with Crippen molar-refractivity contribution in [3.05, 3.63) is 47.0 Å². The van der Waals surface area contributed by atoms with Gasteiger partial charge in [0, 0.05) is 17.4 Å². The molecule has 1 aromatic rings. The molecule has 6 heteroatoms. The summed E-state index contributed by atoms with van der Waals surface area (Å²) in [5.41, 5.74) is 5.58. The summed E-state index contributed by atoms with van der Waals surface area (Å²) in [6.07, 6.45) is 10.2. The number of carbonyl (C=O) groups excluding carboxylic acids is 2. The Morgan fingerprint density at radius 3 is 2.36 bits per heavy atom. The highest BCUT2D eigenvalue weighted by molar-refractivity contribution is 6.00. The third-order valence-electron chi connectivity index (χ3n) is 9.38. The Labute approximate surface area is 194 Å². The minimum atomic E-state index is -1.02. The molecule has 1 aromatic carbocycles. The summed E-state index contributed by atoms with van der Waals surface area (Å²) in [5, 5.41) is 13.4. The number of nitrogens with zero attached hydrogens (tertiary/aromatic N) is 1. The van der Waals surface area contributed by atoms with Gasteiger partial charge in [-0.05, 0) is 98.5 Å². The van der Waals surface area contributed by atoms with Crippen molar-refractivity contribution < 1.29 is 19.5 Å². The summed E-state index contributed by atoms with van der Waals surface area (Å²) >= 11 is 0. The van der Waals surface area contributed by atoms with E-state index < -0.39 is 5.97 Å². The highest BCUT2D eigenvalue weighted by Crippen LogP contribution is 2.64. The molecule has 33 heavy (non-hydrogen) atoms. The number of hydrogen-bond acceptors (Lipinski definition) is 4. The molecule has 0 aliphatic heterocycles. The van der Waals surface area contributed by atoms with Crippen molar-refractivity contribution in [2.75, 3.05) is 0 Å². The molecular formula is C27H32N2O4. The number of carboxylic acid groups (broad SMARTS) is 1. The predicted octanol–water partition coefficient (Wildman–Crippen LogP) is 5.00. The zero-order valence-corrected chi connectivity index (χ0v) is 19.4. The first-order valence-electron chi connectivity index (χ1n) is 12.2. The van der Waals surface area contributed by atoms with Crippen LogP contribution in [0.1, 0.15) is 85.9 Å². The van der Waals surface area contributed by atoms with E-state index in [0.717, 1.165) is 57.1 Å². The Kier molecular flexibility index (Phi) is 5.30. The third-order valence-corrected chi connectivity index (χ3v) is 9.38. The van der Waals surface area contributed by atoms with Crippen LogP contribution in [0.3, 0.4) is 0 Å². The van der Waals surface area contributed by atoms with Gasteiger partial charge >= 0.3 is 5.97 Å². The summed E-state index contributed by atoms with van der Waals surface area (Å²) in [6.45, 7) is 4.63. The molecule has 5 atom stereocenters. The van der Waals surface area contributed by atoms with Crippen LogP contribution in [-0.4, -0.2) is 28.5 Å². The fourth-order valence-corrected chi connectivity index (χ4v) is 7.38. The number of hydrogen-bond donors (Lipinski definition) is 2.